The zero-order valence-corrected chi connectivity index (χ0v) is 6.62. The minimum absolute atomic E-state index is 0.189. The molecule has 0 N–H and O–H groups in total. The van der Waals surface area contributed by atoms with Gasteiger partial charge in [0.2, 0.25) is 0 Å². The lowest BCUT2D eigenvalue weighted by Gasteiger charge is -1.98. The number of ketones is 1. The first-order valence-corrected chi connectivity index (χ1v) is 3.26. The standard InChI is InChI=1S/C8H14O/c1-5-6(2)7(3)8(4)9/h5H2,1-4H3. The molecule has 0 unspecified atom stereocenters. The Kier molecular flexibility index (Phi) is 3.21. The van der Waals surface area contributed by atoms with Gasteiger partial charge in [-0.15, -0.1) is 0 Å². The van der Waals surface area contributed by atoms with E-state index in [-0.39, 0.29) is 5.78 Å². The second kappa shape index (κ2) is 3.44. The highest BCUT2D eigenvalue weighted by atomic mass is 16.1. The summed E-state index contributed by atoms with van der Waals surface area (Å²) in [6.07, 6.45) is 0.978. The third-order valence-corrected chi connectivity index (χ3v) is 1.70. The number of hydrogen-bond donors (Lipinski definition) is 0. The highest BCUT2D eigenvalue weighted by molar-refractivity contribution is 5.93. The third kappa shape index (κ3) is 2.45. The SMILES string of the molecule is CCC(C)=C(C)C(C)=O. The smallest absolute Gasteiger partial charge is 0.155 e. The number of allylic oxidation sites excluding steroid dienone is 2. The van der Waals surface area contributed by atoms with Gasteiger partial charge < -0.3 is 0 Å². The van der Waals surface area contributed by atoms with Gasteiger partial charge in [0.15, 0.2) is 5.78 Å². The van der Waals surface area contributed by atoms with Gasteiger partial charge in [0, 0.05) is 0 Å². The van der Waals surface area contributed by atoms with E-state index in [0.717, 1.165) is 12.0 Å². The van der Waals surface area contributed by atoms with Crippen LogP contribution in [0.15, 0.2) is 11.1 Å². The molecule has 0 fully saturated rings. The van der Waals surface area contributed by atoms with E-state index in [1.807, 2.05) is 13.8 Å². The Morgan fingerprint density at radius 1 is 1.22 bits per heavy atom. The van der Waals surface area contributed by atoms with Crippen LogP contribution in [0.5, 0.6) is 0 Å². The number of rotatable bonds is 2. The summed E-state index contributed by atoms with van der Waals surface area (Å²) in [6, 6.07) is 0. The van der Waals surface area contributed by atoms with E-state index in [4.69, 9.17) is 0 Å². The first kappa shape index (κ1) is 8.41. The topological polar surface area (TPSA) is 17.1 Å². The average molecular weight is 126 g/mol. The molecule has 0 aliphatic carbocycles. The van der Waals surface area contributed by atoms with Crippen LogP contribution < -0.4 is 0 Å². The van der Waals surface area contributed by atoms with Crippen molar-refractivity contribution in [2.75, 3.05) is 0 Å². The summed E-state index contributed by atoms with van der Waals surface area (Å²) in [5, 5.41) is 0. The van der Waals surface area contributed by atoms with Gasteiger partial charge in [-0.1, -0.05) is 12.5 Å². The van der Waals surface area contributed by atoms with Crippen LogP contribution in [0.1, 0.15) is 34.1 Å². The Labute approximate surface area is 56.8 Å². The molecule has 1 heteroatoms. The van der Waals surface area contributed by atoms with Crippen LogP contribution in [0.3, 0.4) is 0 Å². The Morgan fingerprint density at radius 2 is 1.67 bits per heavy atom. The molecule has 0 rings (SSSR count). The molecule has 0 bridgehead atoms. The molecule has 0 atom stereocenters. The zero-order chi connectivity index (χ0) is 7.44. The molecule has 0 saturated heterocycles. The zero-order valence-electron chi connectivity index (χ0n) is 6.62. The molecule has 0 aromatic rings. The van der Waals surface area contributed by atoms with Crippen molar-refractivity contribution in [1.29, 1.82) is 0 Å². The van der Waals surface area contributed by atoms with Crippen LogP contribution >= 0.6 is 0 Å². The van der Waals surface area contributed by atoms with E-state index in [0.29, 0.717) is 0 Å². The van der Waals surface area contributed by atoms with Gasteiger partial charge in [0.25, 0.3) is 0 Å². The second-order valence-electron chi connectivity index (χ2n) is 2.32. The molecule has 0 heterocycles. The molecular formula is C8H14O. The van der Waals surface area contributed by atoms with Crippen molar-refractivity contribution in [3.63, 3.8) is 0 Å². The Balaban J connectivity index is 4.28. The van der Waals surface area contributed by atoms with Gasteiger partial charge in [0.1, 0.15) is 0 Å². The summed E-state index contributed by atoms with van der Waals surface area (Å²) in [4.78, 5) is 10.7. The monoisotopic (exact) mass is 126 g/mol. The van der Waals surface area contributed by atoms with Crippen molar-refractivity contribution in [3.8, 4) is 0 Å². The van der Waals surface area contributed by atoms with E-state index in [9.17, 15) is 4.79 Å². The summed E-state index contributed by atoms with van der Waals surface area (Å²) in [5.74, 6) is 0.189. The van der Waals surface area contributed by atoms with Crippen molar-refractivity contribution in [2.45, 2.75) is 34.1 Å². The summed E-state index contributed by atoms with van der Waals surface area (Å²) in [7, 11) is 0. The normalized spacial score (nSPS) is 12.9. The van der Waals surface area contributed by atoms with E-state index >= 15 is 0 Å². The minimum atomic E-state index is 0.189. The predicted octanol–water partition coefficient (Wildman–Crippen LogP) is 2.32. The van der Waals surface area contributed by atoms with Crippen LogP contribution in [0.2, 0.25) is 0 Å². The van der Waals surface area contributed by atoms with Crippen LogP contribution in [-0.4, -0.2) is 5.78 Å². The molecule has 0 aliphatic heterocycles. The lowest BCUT2D eigenvalue weighted by Crippen LogP contribution is -1.94. The fourth-order valence-electron chi connectivity index (χ4n) is 0.566. The van der Waals surface area contributed by atoms with Gasteiger partial charge in [0.05, 0.1) is 0 Å². The first-order valence-electron chi connectivity index (χ1n) is 3.26. The minimum Gasteiger partial charge on any atom is -0.295 e. The molecule has 0 saturated carbocycles. The van der Waals surface area contributed by atoms with Crippen LogP contribution in [0.4, 0.5) is 0 Å². The number of Topliss-reactive ketones (excluding diaryl/α,β-unsaturated/α-hetero) is 1. The first-order chi connectivity index (χ1) is 4.09. The lowest BCUT2D eigenvalue weighted by atomic mass is 10.1. The molecule has 52 valence electrons. The predicted molar refractivity (Wildman–Crippen MR) is 39.3 cm³/mol. The summed E-state index contributed by atoms with van der Waals surface area (Å²) in [5.41, 5.74) is 2.11. The third-order valence-electron chi connectivity index (χ3n) is 1.70. The van der Waals surface area contributed by atoms with Crippen LogP contribution in [-0.2, 0) is 4.79 Å². The molecule has 0 radical (unpaired) electrons. The maximum Gasteiger partial charge on any atom is 0.155 e. The Morgan fingerprint density at radius 3 is 1.78 bits per heavy atom. The van der Waals surface area contributed by atoms with Gasteiger partial charge >= 0.3 is 0 Å². The maximum absolute atomic E-state index is 10.7. The van der Waals surface area contributed by atoms with Crippen molar-refractivity contribution in [3.05, 3.63) is 11.1 Å². The largest absolute Gasteiger partial charge is 0.295 e. The van der Waals surface area contributed by atoms with Gasteiger partial charge in [-0.3, -0.25) is 4.79 Å². The molecule has 1 nitrogen and oxygen atoms in total. The number of carbonyl (C=O) groups is 1. The molecule has 0 aromatic heterocycles. The molecular weight excluding hydrogens is 112 g/mol. The van der Waals surface area contributed by atoms with E-state index in [2.05, 4.69) is 6.92 Å². The lowest BCUT2D eigenvalue weighted by molar-refractivity contribution is -0.113. The van der Waals surface area contributed by atoms with Crippen molar-refractivity contribution < 1.29 is 4.79 Å². The fraction of sp³-hybridized carbons (Fsp3) is 0.625. The quantitative estimate of drug-likeness (QED) is 0.519. The second-order valence-corrected chi connectivity index (χ2v) is 2.32. The van der Waals surface area contributed by atoms with Crippen molar-refractivity contribution in [1.82, 2.24) is 0 Å². The van der Waals surface area contributed by atoms with Crippen molar-refractivity contribution >= 4 is 5.78 Å². The summed E-state index contributed by atoms with van der Waals surface area (Å²) in [6.45, 7) is 7.54. The summed E-state index contributed by atoms with van der Waals surface area (Å²) < 4.78 is 0. The highest BCUT2D eigenvalue weighted by Crippen LogP contribution is 2.06. The molecule has 0 amide bonds. The van der Waals surface area contributed by atoms with Gasteiger partial charge in [-0.25, -0.2) is 0 Å². The van der Waals surface area contributed by atoms with E-state index in [1.165, 1.54) is 5.57 Å². The van der Waals surface area contributed by atoms with Crippen molar-refractivity contribution in [2.24, 2.45) is 0 Å². The summed E-state index contributed by atoms with van der Waals surface area (Å²) >= 11 is 0. The van der Waals surface area contributed by atoms with Crippen LogP contribution in [0, 0.1) is 0 Å². The molecule has 9 heavy (non-hydrogen) atoms. The Hall–Kier alpha value is -0.590. The van der Waals surface area contributed by atoms with Crippen LogP contribution in [0.25, 0.3) is 0 Å². The maximum atomic E-state index is 10.7. The van der Waals surface area contributed by atoms with E-state index in [1.54, 1.807) is 6.92 Å². The van der Waals surface area contributed by atoms with Gasteiger partial charge in [-0.2, -0.15) is 0 Å². The molecule has 0 aromatic carbocycles. The average Bonchev–Trinajstić information content (AvgIpc) is 1.84. The Bertz CT molecular complexity index is 143. The fourth-order valence-corrected chi connectivity index (χ4v) is 0.566. The van der Waals surface area contributed by atoms with E-state index < -0.39 is 0 Å². The highest BCUT2D eigenvalue weighted by Gasteiger charge is 1.98. The van der Waals surface area contributed by atoms with Gasteiger partial charge in [-0.05, 0) is 32.8 Å². The number of hydrogen-bond acceptors (Lipinski definition) is 1. The molecule has 0 spiro atoms. The molecule has 0 aliphatic rings. The number of carbonyl (C=O) groups excluding carboxylic acids is 1.